The Kier molecular flexibility index (Phi) is 6.44. The van der Waals surface area contributed by atoms with Gasteiger partial charge in [-0.05, 0) is 52.8 Å². The second-order valence-electron chi connectivity index (χ2n) is 8.86. The largest absolute Gasteiger partial charge is 0.497 e. The summed E-state index contributed by atoms with van der Waals surface area (Å²) in [6.45, 7) is 0. The highest BCUT2D eigenvalue weighted by Gasteiger charge is 2.34. The normalized spacial score (nSPS) is 17.1. The predicted octanol–water partition coefficient (Wildman–Crippen LogP) is 6.41. The summed E-state index contributed by atoms with van der Waals surface area (Å²) >= 11 is 0. The smallest absolute Gasteiger partial charge is 0.232 e. The summed E-state index contributed by atoms with van der Waals surface area (Å²) < 4.78 is 5.36. The molecule has 0 aliphatic heterocycles. The maximum atomic E-state index is 14.0. The van der Waals surface area contributed by atoms with Gasteiger partial charge >= 0.3 is 0 Å². The molecular formula is C31H29NO2. The molecule has 1 amide bonds. The third-order valence-electron chi connectivity index (χ3n) is 6.89. The van der Waals surface area contributed by atoms with Gasteiger partial charge < -0.3 is 10.1 Å². The Balaban J connectivity index is 1.52. The molecule has 0 saturated carbocycles. The Morgan fingerprint density at radius 2 is 1.38 bits per heavy atom. The number of amides is 1. The molecule has 0 heterocycles. The lowest BCUT2D eigenvalue weighted by Crippen LogP contribution is -2.38. The Labute approximate surface area is 201 Å². The number of benzene rings is 4. The molecule has 34 heavy (non-hydrogen) atoms. The number of carbonyl (C=O) groups is 1. The van der Waals surface area contributed by atoms with Gasteiger partial charge in [-0.2, -0.15) is 0 Å². The van der Waals surface area contributed by atoms with Crippen LogP contribution in [0.4, 0.5) is 0 Å². The van der Waals surface area contributed by atoms with Gasteiger partial charge in [-0.3, -0.25) is 4.79 Å². The number of ether oxygens (including phenoxy) is 1. The molecule has 1 N–H and O–H groups in total. The lowest BCUT2D eigenvalue weighted by Gasteiger charge is -2.35. The van der Waals surface area contributed by atoms with Crippen LogP contribution in [0.1, 0.15) is 52.1 Å². The molecule has 0 unspecified atom stereocenters. The molecule has 0 radical (unpaired) electrons. The van der Waals surface area contributed by atoms with Crippen molar-refractivity contribution in [2.24, 2.45) is 0 Å². The molecule has 0 spiro atoms. The number of fused-ring (bicyclic) bond motifs is 1. The van der Waals surface area contributed by atoms with Crippen molar-refractivity contribution in [2.75, 3.05) is 7.11 Å². The molecule has 0 bridgehead atoms. The minimum Gasteiger partial charge on any atom is -0.497 e. The maximum Gasteiger partial charge on any atom is 0.232 e. The third-order valence-corrected chi connectivity index (χ3v) is 6.89. The highest BCUT2D eigenvalue weighted by Crippen LogP contribution is 2.42. The fourth-order valence-corrected chi connectivity index (χ4v) is 5.17. The molecule has 1 aliphatic rings. The van der Waals surface area contributed by atoms with Crippen LogP contribution in [0.5, 0.6) is 5.75 Å². The van der Waals surface area contributed by atoms with Crippen LogP contribution in [0, 0.1) is 0 Å². The van der Waals surface area contributed by atoms with Crippen LogP contribution in [-0.2, 0) is 11.2 Å². The predicted molar refractivity (Wildman–Crippen MR) is 136 cm³/mol. The van der Waals surface area contributed by atoms with Crippen LogP contribution in [0.2, 0.25) is 0 Å². The minimum absolute atomic E-state index is 0.0256. The number of hydrogen-bond donors (Lipinski definition) is 1. The zero-order valence-corrected chi connectivity index (χ0v) is 19.4. The van der Waals surface area contributed by atoms with E-state index in [0.717, 1.165) is 29.7 Å². The molecule has 0 aromatic heterocycles. The molecule has 4 aromatic carbocycles. The Bertz CT molecular complexity index is 1200. The minimum atomic E-state index is -0.368. The molecule has 0 fully saturated rings. The first-order valence-electron chi connectivity index (χ1n) is 11.9. The lowest BCUT2D eigenvalue weighted by atomic mass is 9.76. The van der Waals surface area contributed by atoms with Crippen LogP contribution in [-0.4, -0.2) is 13.0 Å². The van der Waals surface area contributed by atoms with E-state index < -0.39 is 0 Å². The molecule has 4 aromatic rings. The van der Waals surface area contributed by atoms with Crippen LogP contribution in [0.3, 0.4) is 0 Å². The van der Waals surface area contributed by atoms with Crippen LogP contribution in [0.25, 0.3) is 0 Å². The van der Waals surface area contributed by atoms with Crippen LogP contribution in [0.15, 0.2) is 109 Å². The second-order valence-corrected chi connectivity index (χ2v) is 8.86. The average Bonchev–Trinajstić information content (AvgIpc) is 2.90. The molecular weight excluding hydrogens is 418 g/mol. The van der Waals surface area contributed by atoms with E-state index in [9.17, 15) is 4.79 Å². The molecule has 5 rings (SSSR count). The summed E-state index contributed by atoms with van der Waals surface area (Å²) in [5.41, 5.74) is 5.74. The Hall–Kier alpha value is -3.85. The van der Waals surface area contributed by atoms with Crippen molar-refractivity contribution >= 4 is 5.91 Å². The van der Waals surface area contributed by atoms with E-state index in [0.29, 0.717) is 0 Å². The zero-order chi connectivity index (χ0) is 23.3. The Morgan fingerprint density at radius 1 is 0.794 bits per heavy atom. The van der Waals surface area contributed by atoms with Gasteiger partial charge in [0.2, 0.25) is 5.91 Å². The first-order chi connectivity index (χ1) is 16.7. The van der Waals surface area contributed by atoms with Crippen LogP contribution >= 0.6 is 0 Å². The van der Waals surface area contributed by atoms with E-state index in [1.807, 2.05) is 72.8 Å². The number of methoxy groups -OCH3 is 1. The van der Waals surface area contributed by atoms with Gasteiger partial charge in [0.1, 0.15) is 5.75 Å². The van der Waals surface area contributed by atoms with E-state index in [1.165, 1.54) is 16.7 Å². The topological polar surface area (TPSA) is 38.3 Å². The van der Waals surface area contributed by atoms with Crippen molar-refractivity contribution in [3.63, 3.8) is 0 Å². The molecule has 0 saturated heterocycles. The average molecular weight is 448 g/mol. The summed E-state index contributed by atoms with van der Waals surface area (Å²) in [6.07, 6.45) is 1.98. The van der Waals surface area contributed by atoms with E-state index in [1.54, 1.807) is 7.11 Å². The van der Waals surface area contributed by atoms with E-state index in [4.69, 9.17) is 4.74 Å². The summed E-state index contributed by atoms with van der Waals surface area (Å²) in [4.78, 5) is 14.0. The molecule has 3 heteroatoms. The summed E-state index contributed by atoms with van der Waals surface area (Å²) in [7, 11) is 1.68. The van der Waals surface area contributed by atoms with Gasteiger partial charge in [-0.15, -0.1) is 0 Å². The quantitative estimate of drug-likeness (QED) is 0.371. The summed E-state index contributed by atoms with van der Waals surface area (Å²) in [6, 6.07) is 36.8. The van der Waals surface area contributed by atoms with Gasteiger partial charge in [0, 0.05) is 5.92 Å². The van der Waals surface area contributed by atoms with Crippen molar-refractivity contribution in [1.29, 1.82) is 0 Å². The zero-order valence-electron chi connectivity index (χ0n) is 19.4. The second kappa shape index (κ2) is 9.96. The van der Waals surface area contributed by atoms with E-state index >= 15 is 0 Å². The highest BCUT2D eigenvalue weighted by atomic mass is 16.5. The number of carbonyl (C=O) groups excluding carboxylic acids is 1. The standard InChI is InChI=1S/C31H29NO2/c1-34-26-19-16-23(17-20-26)28-21-18-22-10-8-9-15-27(22)30(28)32-31(33)29(24-11-4-2-5-12-24)25-13-6-3-7-14-25/h2-17,19-20,28-30H,18,21H2,1H3,(H,32,33)/t28-,30-/m1/s1. The Morgan fingerprint density at radius 3 is 2.00 bits per heavy atom. The van der Waals surface area contributed by atoms with Crippen molar-refractivity contribution in [2.45, 2.75) is 30.7 Å². The van der Waals surface area contributed by atoms with Gasteiger partial charge in [0.25, 0.3) is 0 Å². The SMILES string of the molecule is COc1ccc([C@H]2CCc3ccccc3[C@H]2NC(=O)C(c2ccccc2)c2ccccc2)cc1. The van der Waals surface area contributed by atoms with Crippen molar-refractivity contribution in [3.05, 3.63) is 137 Å². The number of hydrogen-bond acceptors (Lipinski definition) is 2. The van der Waals surface area contributed by atoms with Crippen LogP contribution < -0.4 is 10.1 Å². The van der Waals surface area contributed by atoms with Crippen molar-refractivity contribution < 1.29 is 9.53 Å². The number of rotatable bonds is 6. The highest BCUT2D eigenvalue weighted by molar-refractivity contribution is 5.87. The number of nitrogens with one attached hydrogen (secondary N) is 1. The molecule has 170 valence electrons. The van der Waals surface area contributed by atoms with Gasteiger partial charge in [-0.25, -0.2) is 0 Å². The first kappa shape index (κ1) is 22.0. The fourth-order valence-electron chi connectivity index (χ4n) is 5.17. The van der Waals surface area contributed by atoms with Gasteiger partial charge in [0.05, 0.1) is 19.1 Å². The molecule has 1 aliphatic carbocycles. The lowest BCUT2D eigenvalue weighted by molar-refractivity contribution is -0.122. The monoisotopic (exact) mass is 447 g/mol. The molecule has 3 nitrogen and oxygen atoms in total. The van der Waals surface area contributed by atoms with E-state index in [2.05, 4.69) is 41.7 Å². The van der Waals surface area contributed by atoms with Gasteiger partial charge in [0.15, 0.2) is 0 Å². The summed E-state index contributed by atoms with van der Waals surface area (Å²) in [5.74, 6) is 0.691. The van der Waals surface area contributed by atoms with Crippen molar-refractivity contribution in [3.8, 4) is 5.75 Å². The summed E-state index contributed by atoms with van der Waals surface area (Å²) in [5, 5.41) is 3.48. The third kappa shape index (κ3) is 4.47. The number of aryl methyl sites for hydroxylation is 1. The molecule has 2 atom stereocenters. The maximum absolute atomic E-state index is 14.0. The first-order valence-corrected chi connectivity index (χ1v) is 11.9. The van der Waals surface area contributed by atoms with Crippen molar-refractivity contribution in [1.82, 2.24) is 5.32 Å². The van der Waals surface area contributed by atoms with Gasteiger partial charge in [-0.1, -0.05) is 97.1 Å². The van der Waals surface area contributed by atoms with E-state index in [-0.39, 0.29) is 23.8 Å². The fraction of sp³-hybridized carbons (Fsp3) is 0.194.